The Kier molecular flexibility index (Phi) is 6.47. The number of carbonyl (C=O) groups excluding carboxylic acids is 3. The van der Waals surface area contributed by atoms with Crippen molar-refractivity contribution in [3.8, 4) is 0 Å². The van der Waals surface area contributed by atoms with E-state index in [0.717, 1.165) is 5.56 Å². The number of hydrogen-bond donors (Lipinski definition) is 0. The van der Waals surface area contributed by atoms with Crippen molar-refractivity contribution < 1.29 is 23.9 Å². The zero-order valence-electron chi connectivity index (χ0n) is 17.2. The third-order valence-corrected chi connectivity index (χ3v) is 5.73. The van der Waals surface area contributed by atoms with Crippen molar-refractivity contribution in [1.82, 2.24) is 4.57 Å². The lowest BCUT2D eigenvalue weighted by molar-refractivity contribution is -0.144. The number of esters is 2. The van der Waals surface area contributed by atoms with Gasteiger partial charge in [0.15, 0.2) is 4.80 Å². The lowest BCUT2D eigenvalue weighted by Crippen LogP contribution is -2.28. The Labute approximate surface area is 177 Å². The number of aryl methyl sites for hydroxylation is 1. The van der Waals surface area contributed by atoms with Crippen LogP contribution in [-0.4, -0.2) is 36.6 Å². The van der Waals surface area contributed by atoms with Gasteiger partial charge in [-0.05, 0) is 43.7 Å². The van der Waals surface area contributed by atoms with E-state index >= 15 is 0 Å². The first-order valence-corrected chi connectivity index (χ1v) is 10.2. The van der Waals surface area contributed by atoms with Gasteiger partial charge >= 0.3 is 11.9 Å². The first kappa shape index (κ1) is 21.4. The van der Waals surface area contributed by atoms with Gasteiger partial charge in [-0.3, -0.25) is 4.79 Å². The summed E-state index contributed by atoms with van der Waals surface area (Å²) in [7, 11) is 2.64. The Morgan fingerprint density at radius 1 is 1.03 bits per heavy atom. The van der Waals surface area contributed by atoms with Crippen molar-refractivity contribution in [3.63, 3.8) is 0 Å². The van der Waals surface area contributed by atoms with Crippen LogP contribution in [-0.2, 0) is 14.3 Å². The summed E-state index contributed by atoms with van der Waals surface area (Å²) in [5.41, 5.74) is 2.54. The smallest absolute Gasteiger partial charge is 0.337 e. The molecule has 2 aromatic carbocycles. The quantitative estimate of drug-likeness (QED) is 0.581. The summed E-state index contributed by atoms with van der Waals surface area (Å²) in [5, 5.41) is 0. The molecule has 0 saturated heterocycles. The third kappa shape index (κ3) is 4.18. The molecule has 1 heterocycles. The van der Waals surface area contributed by atoms with E-state index in [1.807, 2.05) is 26.0 Å². The van der Waals surface area contributed by atoms with Gasteiger partial charge in [-0.2, -0.15) is 4.99 Å². The van der Waals surface area contributed by atoms with E-state index in [9.17, 15) is 14.4 Å². The van der Waals surface area contributed by atoms with Crippen molar-refractivity contribution in [3.05, 3.63) is 64.0 Å². The molecule has 0 aliphatic rings. The molecular weight excluding hydrogens is 404 g/mol. The molecule has 0 aliphatic carbocycles. The molecule has 0 aliphatic heterocycles. The maximum absolute atomic E-state index is 12.8. The van der Waals surface area contributed by atoms with Crippen LogP contribution in [0, 0.1) is 6.92 Å². The van der Waals surface area contributed by atoms with Gasteiger partial charge in [0.1, 0.15) is 6.04 Å². The minimum absolute atomic E-state index is 0.356. The average Bonchev–Trinajstić information content (AvgIpc) is 3.10. The van der Waals surface area contributed by atoms with Crippen molar-refractivity contribution >= 4 is 39.4 Å². The van der Waals surface area contributed by atoms with Crippen LogP contribution in [0.3, 0.4) is 0 Å². The highest BCUT2D eigenvalue weighted by atomic mass is 32.1. The summed E-state index contributed by atoms with van der Waals surface area (Å²) in [6.45, 7) is 3.79. The SMILES string of the molecule is CCC(C(=O)OC)n1/c(=N/C(=O)c2ccc(C)cc2)sc2cc(C(=O)OC)ccc21. The van der Waals surface area contributed by atoms with E-state index in [1.165, 1.54) is 25.6 Å². The molecule has 0 saturated carbocycles. The molecule has 3 rings (SSSR count). The predicted octanol–water partition coefficient (Wildman–Crippen LogP) is 3.66. The molecule has 0 bridgehead atoms. The standard InChI is InChI=1S/C22H22N2O5S/c1-5-16(21(27)29-4)24-17-11-10-15(20(26)28-3)12-18(17)30-22(24)23-19(25)14-8-6-13(2)7-9-14/h6-12,16H,5H2,1-4H3/b23-22-. The molecule has 30 heavy (non-hydrogen) atoms. The second-order valence-corrected chi connectivity index (χ2v) is 7.67. The number of fused-ring (bicyclic) bond motifs is 1. The Morgan fingerprint density at radius 3 is 2.30 bits per heavy atom. The van der Waals surface area contributed by atoms with E-state index in [4.69, 9.17) is 9.47 Å². The van der Waals surface area contributed by atoms with E-state index in [-0.39, 0.29) is 0 Å². The molecule has 0 N–H and O–H groups in total. The minimum Gasteiger partial charge on any atom is -0.467 e. The van der Waals surface area contributed by atoms with Gasteiger partial charge in [0.2, 0.25) is 0 Å². The van der Waals surface area contributed by atoms with Gasteiger partial charge in [-0.1, -0.05) is 36.0 Å². The third-order valence-electron chi connectivity index (χ3n) is 4.72. The molecule has 0 spiro atoms. The number of nitrogens with zero attached hydrogens (tertiary/aromatic N) is 2. The van der Waals surface area contributed by atoms with E-state index < -0.39 is 23.9 Å². The van der Waals surface area contributed by atoms with Crippen LogP contribution >= 0.6 is 11.3 Å². The van der Waals surface area contributed by atoms with Crippen LogP contribution < -0.4 is 4.80 Å². The fraction of sp³-hybridized carbons (Fsp3) is 0.273. The van der Waals surface area contributed by atoms with Crippen LogP contribution in [0.15, 0.2) is 47.5 Å². The van der Waals surface area contributed by atoms with E-state index in [0.29, 0.717) is 32.6 Å². The van der Waals surface area contributed by atoms with Crippen LogP contribution in [0.5, 0.6) is 0 Å². The van der Waals surface area contributed by atoms with Crippen LogP contribution in [0.4, 0.5) is 0 Å². The highest BCUT2D eigenvalue weighted by Gasteiger charge is 2.24. The number of carbonyl (C=O) groups is 3. The normalized spacial score (nSPS) is 12.6. The van der Waals surface area contributed by atoms with Crippen molar-refractivity contribution in [2.24, 2.45) is 4.99 Å². The second-order valence-electron chi connectivity index (χ2n) is 6.66. The number of aromatic nitrogens is 1. The zero-order chi connectivity index (χ0) is 21.8. The fourth-order valence-electron chi connectivity index (χ4n) is 3.11. The Bertz CT molecular complexity index is 1170. The number of methoxy groups -OCH3 is 2. The molecular formula is C22H22N2O5S. The summed E-state index contributed by atoms with van der Waals surface area (Å²) in [4.78, 5) is 41.7. The molecule has 7 nitrogen and oxygen atoms in total. The van der Waals surface area contributed by atoms with Gasteiger partial charge in [-0.15, -0.1) is 0 Å². The number of rotatable bonds is 5. The second kappa shape index (κ2) is 9.04. The maximum atomic E-state index is 12.8. The Balaban J connectivity index is 2.23. The molecule has 8 heteroatoms. The first-order chi connectivity index (χ1) is 14.4. The largest absolute Gasteiger partial charge is 0.467 e. The van der Waals surface area contributed by atoms with Crippen molar-refractivity contribution in [2.45, 2.75) is 26.3 Å². The highest BCUT2D eigenvalue weighted by Crippen LogP contribution is 2.25. The lowest BCUT2D eigenvalue weighted by atomic mass is 10.1. The summed E-state index contributed by atoms with van der Waals surface area (Å²) >= 11 is 1.22. The maximum Gasteiger partial charge on any atom is 0.337 e. The monoisotopic (exact) mass is 426 g/mol. The molecule has 3 aromatic rings. The van der Waals surface area contributed by atoms with Crippen LogP contribution in [0.25, 0.3) is 10.2 Å². The molecule has 1 aromatic heterocycles. The van der Waals surface area contributed by atoms with Crippen molar-refractivity contribution in [1.29, 1.82) is 0 Å². The number of benzene rings is 2. The van der Waals surface area contributed by atoms with Gasteiger partial charge in [-0.25, -0.2) is 9.59 Å². The van der Waals surface area contributed by atoms with E-state index in [2.05, 4.69) is 4.99 Å². The number of ether oxygens (including phenoxy) is 2. The van der Waals surface area contributed by atoms with Gasteiger partial charge < -0.3 is 14.0 Å². The zero-order valence-corrected chi connectivity index (χ0v) is 18.0. The Hall–Kier alpha value is -3.26. The molecule has 0 radical (unpaired) electrons. The van der Waals surface area contributed by atoms with Crippen molar-refractivity contribution in [2.75, 3.05) is 14.2 Å². The Morgan fingerprint density at radius 2 is 1.70 bits per heavy atom. The lowest BCUT2D eigenvalue weighted by Gasteiger charge is -2.15. The molecule has 1 amide bonds. The summed E-state index contributed by atoms with van der Waals surface area (Å²) in [5.74, 6) is -1.31. The molecule has 1 unspecified atom stereocenters. The van der Waals surface area contributed by atoms with E-state index in [1.54, 1.807) is 34.9 Å². The van der Waals surface area contributed by atoms with Gasteiger partial charge in [0, 0.05) is 5.56 Å². The molecule has 1 atom stereocenters. The topological polar surface area (TPSA) is 87.0 Å². The minimum atomic E-state index is -0.655. The number of hydrogen-bond acceptors (Lipinski definition) is 6. The first-order valence-electron chi connectivity index (χ1n) is 9.36. The van der Waals surface area contributed by atoms with Crippen LogP contribution in [0.2, 0.25) is 0 Å². The average molecular weight is 426 g/mol. The number of amides is 1. The molecule has 156 valence electrons. The van der Waals surface area contributed by atoms with Gasteiger partial charge in [0.05, 0.1) is 30.0 Å². The summed E-state index contributed by atoms with van der Waals surface area (Å²) < 4.78 is 12.1. The predicted molar refractivity (Wildman–Crippen MR) is 114 cm³/mol. The summed E-state index contributed by atoms with van der Waals surface area (Å²) in [6.07, 6.45) is 0.448. The fourth-order valence-corrected chi connectivity index (χ4v) is 4.21. The van der Waals surface area contributed by atoms with Crippen LogP contribution in [0.1, 0.15) is 45.7 Å². The molecule has 0 fully saturated rings. The highest BCUT2D eigenvalue weighted by molar-refractivity contribution is 7.16. The number of thiazole rings is 1. The summed E-state index contributed by atoms with van der Waals surface area (Å²) in [6, 6.07) is 11.5. The van der Waals surface area contributed by atoms with Gasteiger partial charge in [0.25, 0.3) is 5.91 Å².